The zero-order chi connectivity index (χ0) is 20.7. The maximum atomic E-state index is 12.2. The maximum absolute atomic E-state index is 12.2. The van der Waals surface area contributed by atoms with Crippen molar-refractivity contribution in [2.45, 2.75) is 0 Å². The molecule has 2 rings (SSSR count). The third kappa shape index (κ3) is 5.27. The molecule has 0 fully saturated rings. The zero-order valence-corrected chi connectivity index (χ0v) is 15.9. The van der Waals surface area contributed by atoms with E-state index in [1.807, 2.05) is 0 Å². The number of nitrogens with one attached hydrogen (secondary N) is 1. The largest absolute Gasteiger partial charge is 0.495 e. The molecule has 11 heteroatoms. The number of sulfonamides is 1. The molecule has 0 bridgehead atoms. The summed E-state index contributed by atoms with van der Waals surface area (Å²) in [6, 6.07) is 12.2. The number of ether oxygens (including phenoxy) is 1. The fraction of sp³-hybridized carbons (Fsp3) is 0.176. The minimum Gasteiger partial charge on any atom is -0.495 e. The summed E-state index contributed by atoms with van der Waals surface area (Å²) < 4.78 is 30.3. The Balaban J connectivity index is 2.16. The predicted molar refractivity (Wildman–Crippen MR) is 104 cm³/mol. The van der Waals surface area contributed by atoms with Crippen molar-refractivity contribution >= 4 is 33.5 Å². The highest BCUT2D eigenvalue weighted by molar-refractivity contribution is 7.92. The van der Waals surface area contributed by atoms with Gasteiger partial charge in [-0.15, -0.1) is 0 Å². The van der Waals surface area contributed by atoms with Gasteiger partial charge in [-0.2, -0.15) is 5.10 Å². The number of anilines is 1. The molecule has 0 aliphatic heterocycles. The van der Waals surface area contributed by atoms with Crippen LogP contribution in [0.5, 0.6) is 5.75 Å². The molecular weight excluding hydrogens is 388 g/mol. The minimum atomic E-state index is -3.79. The Morgan fingerprint density at radius 1 is 1.25 bits per heavy atom. The summed E-state index contributed by atoms with van der Waals surface area (Å²) in [4.78, 5) is 22.6. The van der Waals surface area contributed by atoms with Crippen LogP contribution in [0, 0.1) is 10.1 Å². The molecule has 148 valence electrons. The Morgan fingerprint density at radius 2 is 1.89 bits per heavy atom. The molecule has 0 heterocycles. The Labute approximate surface area is 161 Å². The number of nitro groups is 1. The first-order valence-corrected chi connectivity index (χ1v) is 9.75. The molecule has 1 N–H and O–H groups in total. The van der Waals surface area contributed by atoms with Crippen LogP contribution in [0.15, 0.2) is 53.6 Å². The number of nitro benzene ring substituents is 1. The lowest BCUT2D eigenvalue weighted by molar-refractivity contribution is -0.385. The fourth-order valence-electron chi connectivity index (χ4n) is 2.32. The molecular formula is C17H18N4O6S. The van der Waals surface area contributed by atoms with Crippen LogP contribution < -0.4 is 14.5 Å². The van der Waals surface area contributed by atoms with Gasteiger partial charge in [-0.05, 0) is 18.2 Å². The number of benzene rings is 2. The van der Waals surface area contributed by atoms with Crippen molar-refractivity contribution in [3.63, 3.8) is 0 Å². The van der Waals surface area contributed by atoms with Crippen molar-refractivity contribution in [2.75, 3.05) is 24.2 Å². The van der Waals surface area contributed by atoms with Gasteiger partial charge < -0.3 is 4.74 Å². The smallest absolute Gasteiger partial charge is 0.278 e. The van der Waals surface area contributed by atoms with Crippen LogP contribution in [0.2, 0.25) is 0 Å². The number of hydrogen-bond acceptors (Lipinski definition) is 7. The van der Waals surface area contributed by atoms with Gasteiger partial charge in [0.25, 0.3) is 11.6 Å². The first kappa shape index (κ1) is 20.8. The predicted octanol–water partition coefficient (Wildman–Crippen LogP) is 1.52. The summed E-state index contributed by atoms with van der Waals surface area (Å²) in [5.41, 5.74) is 2.39. The summed E-state index contributed by atoms with van der Waals surface area (Å²) >= 11 is 0. The van der Waals surface area contributed by atoms with Crippen LogP contribution >= 0.6 is 0 Å². The van der Waals surface area contributed by atoms with Gasteiger partial charge in [-0.3, -0.25) is 19.2 Å². The number of hydrogen-bond donors (Lipinski definition) is 1. The van der Waals surface area contributed by atoms with Gasteiger partial charge in [0.2, 0.25) is 10.0 Å². The Morgan fingerprint density at radius 3 is 2.54 bits per heavy atom. The van der Waals surface area contributed by atoms with Gasteiger partial charge >= 0.3 is 0 Å². The lowest BCUT2D eigenvalue weighted by atomic mass is 10.2. The van der Waals surface area contributed by atoms with Crippen molar-refractivity contribution in [2.24, 2.45) is 5.10 Å². The average Bonchev–Trinajstić information content (AvgIpc) is 2.65. The van der Waals surface area contributed by atoms with Gasteiger partial charge in [0, 0.05) is 6.07 Å². The first-order chi connectivity index (χ1) is 13.2. The zero-order valence-electron chi connectivity index (χ0n) is 15.1. The second-order valence-electron chi connectivity index (χ2n) is 5.55. The van der Waals surface area contributed by atoms with Crippen LogP contribution in [-0.2, 0) is 14.8 Å². The molecule has 10 nitrogen and oxygen atoms in total. The summed E-state index contributed by atoms with van der Waals surface area (Å²) in [7, 11) is -2.40. The highest BCUT2D eigenvalue weighted by Gasteiger charge is 2.23. The maximum Gasteiger partial charge on any atom is 0.278 e. The fourth-order valence-corrected chi connectivity index (χ4v) is 3.18. The Hall–Kier alpha value is -3.47. The number of carbonyl (C=O) groups excluding carboxylic acids is 1. The molecule has 0 saturated carbocycles. The molecule has 0 atom stereocenters. The van der Waals surface area contributed by atoms with E-state index < -0.39 is 27.4 Å². The molecule has 0 aromatic heterocycles. The van der Waals surface area contributed by atoms with E-state index in [0.717, 1.165) is 16.8 Å². The van der Waals surface area contributed by atoms with E-state index in [0.29, 0.717) is 0 Å². The van der Waals surface area contributed by atoms with Gasteiger partial charge in [0.05, 0.1) is 35.8 Å². The number of methoxy groups -OCH3 is 1. The second kappa shape index (κ2) is 8.95. The lowest BCUT2D eigenvalue weighted by Crippen LogP contribution is -2.39. The third-order valence-corrected chi connectivity index (χ3v) is 4.69. The lowest BCUT2D eigenvalue weighted by Gasteiger charge is -2.23. The van der Waals surface area contributed by atoms with E-state index in [2.05, 4.69) is 10.5 Å². The van der Waals surface area contributed by atoms with Crippen molar-refractivity contribution in [3.05, 3.63) is 64.2 Å². The molecule has 0 aliphatic rings. The van der Waals surface area contributed by atoms with Crippen LogP contribution in [0.3, 0.4) is 0 Å². The molecule has 0 saturated heterocycles. The third-order valence-electron chi connectivity index (χ3n) is 3.57. The molecule has 2 aromatic rings. The van der Waals surface area contributed by atoms with Crippen molar-refractivity contribution in [1.29, 1.82) is 0 Å². The summed E-state index contributed by atoms with van der Waals surface area (Å²) in [5, 5.41) is 14.6. The highest BCUT2D eigenvalue weighted by Crippen LogP contribution is 2.29. The quantitative estimate of drug-likeness (QED) is 0.402. The molecule has 0 unspecified atom stereocenters. The summed E-state index contributed by atoms with van der Waals surface area (Å²) in [6.07, 6.45) is 2.08. The topological polar surface area (TPSA) is 131 Å². The van der Waals surface area contributed by atoms with Crippen LogP contribution in [0.25, 0.3) is 0 Å². The normalized spacial score (nSPS) is 11.2. The first-order valence-electron chi connectivity index (χ1n) is 7.90. The summed E-state index contributed by atoms with van der Waals surface area (Å²) in [6.45, 7) is -0.548. The number of nitrogens with zero attached hydrogens (tertiary/aromatic N) is 3. The van der Waals surface area contributed by atoms with E-state index in [1.54, 1.807) is 24.3 Å². The van der Waals surface area contributed by atoms with Crippen LogP contribution in [0.4, 0.5) is 11.4 Å². The van der Waals surface area contributed by atoms with E-state index in [4.69, 9.17) is 4.74 Å². The molecule has 0 aliphatic carbocycles. The van der Waals surface area contributed by atoms with Crippen molar-refractivity contribution in [3.8, 4) is 5.75 Å². The number of hydrazone groups is 1. The Bertz CT molecular complexity index is 1010. The molecule has 2 aromatic carbocycles. The number of rotatable bonds is 8. The monoisotopic (exact) mass is 406 g/mol. The summed E-state index contributed by atoms with van der Waals surface area (Å²) in [5.74, 6) is -0.449. The molecule has 28 heavy (non-hydrogen) atoms. The van der Waals surface area contributed by atoms with Gasteiger partial charge in [0.15, 0.2) is 0 Å². The second-order valence-corrected chi connectivity index (χ2v) is 7.46. The van der Waals surface area contributed by atoms with Gasteiger partial charge in [-0.1, -0.05) is 24.3 Å². The van der Waals surface area contributed by atoms with Crippen molar-refractivity contribution < 1.29 is 22.9 Å². The number of carbonyl (C=O) groups is 1. The molecule has 1 amide bonds. The van der Waals surface area contributed by atoms with Crippen molar-refractivity contribution in [1.82, 2.24) is 5.43 Å². The molecule has 0 spiro atoms. The highest BCUT2D eigenvalue weighted by atomic mass is 32.2. The Kier molecular flexibility index (Phi) is 6.66. The molecule has 0 radical (unpaired) electrons. The van der Waals surface area contributed by atoms with Gasteiger partial charge in [0.1, 0.15) is 12.3 Å². The van der Waals surface area contributed by atoms with Crippen LogP contribution in [0.1, 0.15) is 5.56 Å². The minimum absolute atomic E-state index is 0.174. The van der Waals surface area contributed by atoms with E-state index in [-0.39, 0.29) is 22.7 Å². The van der Waals surface area contributed by atoms with E-state index >= 15 is 0 Å². The number of para-hydroxylation sites is 3. The average molecular weight is 406 g/mol. The van der Waals surface area contributed by atoms with Gasteiger partial charge in [-0.25, -0.2) is 13.8 Å². The SMILES string of the molecule is COc1ccccc1N(CC(=O)N/N=C\c1ccccc1[N+](=O)[O-])S(C)(=O)=O. The van der Waals surface area contributed by atoms with E-state index in [9.17, 15) is 23.3 Å². The number of amides is 1. The van der Waals surface area contributed by atoms with E-state index in [1.165, 1.54) is 31.4 Å². The standard InChI is InChI=1S/C17H18N4O6S/c1-27-16-10-6-5-9-15(16)20(28(2,25)26)12-17(22)19-18-11-13-7-3-4-8-14(13)21(23)24/h3-11H,12H2,1-2H3,(H,19,22)/b18-11-. The van der Waals surface area contributed by atoms with Crippen LogP contribution in [-0.4, -0.2) is 45.4 Å².